The molecule has 3 N–H and O–H groups in total. The smallest absolute Gasteiger partial charge is 0.173 e. The number of methoxy groups -OCH3 is 1. The molecule has 0 radical (unpaired) electrons. The van der Waals surface area contributed by atoms with Crippen molar-refractivity contribution in [3.63, 3.8) is 0 Å². The molecule has 1 aromatic heterocycles. The second-order valence-corrected chi connectivity index (χ2v) is 6.87. The van der Waals surface area contributed by atoms with Crippen LogP contribution in [0.5, 0.6) is 11.5 Å². The molecule has 0 aliphatic carbocycles. The van der Waals surface area contributed by atoms with E-state index >= 15 is 0 Å². The molecule has 4 atom stereocenters. The largest absolute Gasteiger partial charge is 0.497 e. The maximum atomic E-state index is 14.2. The third-order valence-corrected chi connectivity index (χ3v) is 5.20. The minimum atomic E-state index is -1.34. The molecule has 0 amide bonds. The molecular weight excluding hydrogens is 368 g/mol. The molecule has 1 fully saturated rings. The van der Waals surface area contributed by atoms with E-state index in [1.165, 1.54) is 25.6 Å². The lowest BCUT2D eigenvalue weighted by atomic mass is 10.1. The molecule has 9 heteroatoms. The van der Waals surface area contributed by atoms with Crippen LogP contribution in [0, 0.1) is 11.6 Å². The normalized spacial score (nSPS) is 25.8. The maximum Gasteiger partial charge on any atom is 0.173 e. The summed E-state index contributed by atoms with van der Waals surface area (Å²) < 4.78 is 38.9. The molecular formula is C17H17F2NO5S. The van der Waals surface area contributed by atoms with Crippen LogP contribution in [0.1, 0.15) is 0 Å². The van der Waals surface area contributed by atoms with Crippen LogP contribution in [0.2, 0.25) is 0 Å². The first-order valence-electron chi connectivity index (χ1n) is 7.71. The first-order valence-corrected chi connectivity index (χ1v) is 8.76. The third-order valence-electron chi connectivity index (χ3n) is 3.96. The number of benzene rings is 1. The first kappa shape index (κ1) is 18.8. The molecule has 6 nitrogen and oxygen atoms in total. The number of hydrogen-bond acceptors (Lipinski definition) is 7. The van der Waals surface area contributed by atoms with Crippen molar-refractivity contribution < 1.29 is 33.6 Å². The lowest BCUT2D eigenvalue weighted by molar-refractivity contribution is -0.0786. The number of aromatic nitrogens is 1. The average molecular weight is 385 g/mol. The van der Waals surface area contributed by atoms with E-state index in [0.29, 0.717) is 0 Å². The molecule has 0 unspecified atom stereocenters. The van der Waals surface area contributed by atoms with Crippen LogP contribution in [0.3, 0.4) is 0 Å². The van der Waals surface area contributed by atoms with Gasteiger partial charge in [0.25, 0.3) is 0 Å². The number of pyridine rings is 1. The highest BCUT2D eigenvalue weighted by molar-refractivity contribution is 7.99. The minimum Gasteiger partial charge on any atom is -0.497 e. The molecule has 0 bridgehead atoms. The van der Waals surface area contributed by atoms with E-state index in [2.05, 4.69) is 4.98 Å². The van der Waals surface area contributed by atoms with Crippen LogP contribution in [-0.2, 0) is 0 Å². The van der Waals surface area contributed by atoms with Gasteiger partial charge in [0.15, 0.2) is 5.44 Å². The molecule has 26 heavy (non-hydrogen) atoms. The highest BCUT2D eigenvalue weighted by Crippen LogP contribution is 2.33. The maximum absolute atomic E-state index is 14.2. The van der Waals surface area contributed by atoms with E-state index in [1.807, 2.05) is 0 Å². The number of thioether (sulfide) groups is 1. The van der Waals surface area contributed by atoms with Crippen molar-refractivity contribution in [2.24, 2.45) is 0 Å². The van der Waals surface area contributed by atoms with Gasteiger partial charge in [0.2, 0.25) is 0 Å². The van der Waals surface area contributed by atoms with Crippen LogP contribution in [0.15, 0.2) is 30.6 Å². The predicted molar refractivity (Wildman–Crippen MR) is 91.0 cm³/mol. The fourth-order valence-corrected chi connectivity index (χ4v) is 3.70. The van der Waals surface area contributed by atoms with Gasteiger partial charge in [-0.2, -0.15) is 0 Å². The molecule has 1 aliphatic heterocycles. The molecule has 3 rings (SSSR count). The zero-order valence-corrected chi connectivity index (χ0v) is 14.5. The lowest BCUT2D eigenvalue weighted by Crippen LogP contribution is -2.50. The van der Waals surface area contributed by atoms with E-state index in [4.69, 9.17) is 9.47 Å². The van der Waals surface area contributed by atoms with Gasteiger partial charge in [-0.3, -0.25) is 4.98 Å². The Hall–Kier alpha value is -1.94. The number of nitrogens with zero attached hydrogens (tertiary/aromatic N) is 1. The zero-order valence-electron chi connectivity index (χ0n) is 13.7. The summed E-state index contributed by atoms with van der Waals surface area (Å²) in [6.07, 6.45) is -1.10. The highest BCUT2D eigenvalue weighted by Gasteiger charge is 2.38. The summed E-state index contributed by atoms with van der Waals surface area (Å²) in [5, 5.41) is 29.3. The van der Waals surface area contributed by atoms with Crippen molar-refractivity contribution in [1.82, 2.24) is 4.98 Å². The predicted octanol–water partition coefficient (Wildman–Crippen LogP) is 1.57. The van der Waals surface area contributed by atoms with E-state index in [-0.39, 0.29) is 28.4 Å². The minimum absolute atomic E-state index is 0.0541. The van der Waals surface area contributed by atoms with Crippen molar-refractivity contribution in [1.29, 1.82) is 0 Å². The molecule has 1 aliphatic rings. The third kappa shape index (κ3) is 3.75. The second kappa shape index (κ2) is 7.75. The van der Waals surface area contributed by atoms with Gasteiger partial charge in [-0.25, -0.2) is 8.78 Å². The van der Waals surface area contributed by atoms with Crippen molar-refractivity contribution in [3.8, 4) is 22.6 Å². The Morgan fingerprint density at radius 3 is 2.38 bits per heavy atom. The molecule has 2 aromatic rings. The lowest BCUT2D eigenvalue weighted by Gasteiger charge is -2.34. The fourth-order valence-electron chi connectivity index (χ4n) is 2.58. The topological polar surface area (TPSA) is 92.0 Å². The summed E-state index contributed by atoms with van der Waals surface area (Å²) in [5.74, 6) is -1.23. The molecule has 140 valence electrons. The SMILES string of the molecule is COc1cc(F)c(-c2cncc(O[C@H]3SC[C@@H](O)[C@H](O)[C@H]3O)c2)c(F)c1. The Balaban J connectivity index is 1.86. The summed E-state index contributed by atoms with van der Waals surface area (Å²) >= 11 is 1.12. The van der Waals surface area contributed by atoms with Gasteiger partial charge >= 0.3 is 0 Å². The van der Waals surface area contributed by atoms with Crippen LogP contribution in [0.25, 0.3) is 11.1 Å². The van der Waals surface area contributed by atoms with Crippen molar-refractivity contribution in [3.05, 3.63) is 42.2 Å². The molecule has 1 aromatic carbocycles. The van der Waals surface area contributed by atoms with Crippen LogP contribution >= 0.6 is 11.8 Å². The number of ether oxygens (including phenoxy) is 2. The van der Waals surface area contributed by atoms with Crippen molar-refractivity contribution in [2.75, 3.05) is 12.9 Å². The second-order valence-electron chi connectivity index (χ2n) is 5.74. The molecule has 0 saturated carbocycles. The molecule has 1 saturated heterocycles. The first-order chi connectivity index (χ1) is 12.4. The summed E-state index contributed by atoms with van der Waals surface area (Å²) in [6.45, 7) is 0. The number of aliphatic hydroxyl groups is 3. The van der Waals surface area contributed by atoms with Gasteiger partial charge in [0, 0.05) is 29.6 Å². The summed E-state index contributed by atoms with van der Waals surface area (Å²) in [4.78, 5) is 3.92. The van der Waals surface area contributed by atoms with E-state index in [0.717, 1.165) is 23.9 Å². The van der Waals surface area contributed by atoms with Crippen molar-refractivity contribution in [2.45, 2.75) is 23.7 Å². The van der Waals surface area contributed by atoms with Gasteiger partial charge in [0.1, 0.15) is 35.3 Å². The molecule has 0 spiro atoms. The quantitative estimate of drug-likeness (QED) is 0.736. The van der Waals surface area contributed by atoms with Gasteiger partial charge in [0.05, 0.1) is 25.0 Å². The van der Waals surface area contributed by atoms with Gasteiger partial charge < -0.3 is 24.8 Å². The van der Waals surface area contributed by atoms with Gasteiger partial charge in [-0.15, -0.1) is 11.8 Å². The van der Waals surface area contributed by atoms with E-state index < -0.39 is 35.4 Å². The Morgan fingerprint density at radius 2 is 1.73 bits per heavy atom. The van der Waals surface area contributed by atoms with E-state index in [9.17, 15) is 24.1 Å². The Morgan fingerprint density at radius 1 is 1.04 bits per heavy atom. The summed E-state index contributed by atoms with van der Waals surface area (Å²) in [7, 11) is 1.31. The number of rotatable bonds is 4. The standard InChI is InChI=1S/C17H17F2NO5S/c1-24-9-3-11(18)14(12(19)4-9)8-2-10(6-20-5-8)25-17-16(23)15(22)13(21)7-26-17/h2-6,13,15-17,21-23H,7H2,1H3/t13-,15+,16-,17+/m1/s1. The fraction of sp³-hybridized carbons (Fsp3) is 0.353. The van der Waals surface area contributed by atoms with Gasteiger partial charge in [-0.1, -0.05) is 0 Å². The average Bonchev–Trinajstić information content (AvgIpc) is 2.62. The zero-order chi connectivity index (χ0) is 18.8. The van der Waals surface area contributed by atoms with Crippen LogP contribution in [-0.4, -0.2) is 56.9 Å². The number of hydrogen-bond donors (Lipinski definition) is 3. The van der Waals surface area contributed by atoms with E-state index in [1.54, 1.807) is 0 Å². The summed E-state index contributed by atoms with van der Waals surface area (Å²) in [6, 6.07) is 3.50. The molecule has 2 heterocycles. The van der Waals surface area contributed by atoms with Gasteiger partial charge in [-0.05, 0) is 6.07 Å². The highest BCUT2D eigenvalue weighted by atomic mass is 32.2. The number of aliphatic hydroxyl groups excluding tert-OH is 3. The van der Waals surface area contributed by atoms with Crippen LogP contribution in [0.4, 0.5) is 8.78 Å². The van der Waals surface area contributed by atoms with Crippen LogP contribution < -0.4 is 9.47 Å². The van der Waals surface area contributed by atoms with Crippen molar-refractivity contribution >= 4 is 11.8 Å². The Kier molecular flexibility index (Phi) is 5.61. The number of halogens is 2. The Bertz CT molecular complexity index is 770. The summed E-state index contributed by atoms with van der Waals surface area (Å²) in [5.41, 5.74) is -0.983. The monoisotopic (exact) mass is 385 g/mol. The Labute approximate surface area is 152 Å².